The molecule has 0 saturated carbocycles. The van der Waals surface area contributed by atoms with Crippen LogP contribution in [-0.4, -0.2) is 65.5 Å². The zero-order valence-corrected chi connectivity index (χ0v) is 15.3. The maximum atomic E-state index is 12.6. The highest BCUT2D eigenvalue weighted by atomic mass is 16.5. The first-order valence-electron chi connectivity index (χ1n) is 9.30. The topological polar surface area (TPSA) is 125 Å². The molecule has 9 nitrogen and oxygen atoms in total. The Kier molecular flexibility index (Phi) is 6.13. The number of hydrogen-bond donors (Lipinski definition) is 3. The summed E-state index contributed by atoms with van der Waals surface area (Å²) in [6, 6.07) is 4.70. The molecule has 28 heavy (non-hydrogen) atoms. The molecule has 1 aromatic rings. The SMILES string of the molecule is O=C1N[C@H](C(=O)O)CCC(=O)N2CCC[C@H]2C(=O)NCCOc2ccccc21. The number of nitrogens with one attached hydrogen (secondary N) is 2. The third-order valence-electron chi connectivity index (χ3n) is 4.92. The van der Waals surface area contributed by atoms with Gasteiger partial charge in [-0.05, 0) is 31.4 Å². The number of benzene rings is 1. The summed E-state index contributed by atoms with van der Waals surface area (Å²) < 4.78 is 5.61. The fraction of sp³-hybridized carbons (Fsp3) is 0.474. The fourth-order valence-corrected chi connectivity index (χ4v) is 3.48. The van der Waals surface area contributed by atoms with E-state index < -0.39 is 24.0 Å². The van der Waals surface area contributed by atoms with Gasteiger partial charge in [-0.3, -0.25) is 14.4 Å². The maximum Gasteiger partial charge on any atom is 0.326 e. The van der Waals surface area contributed by atoms with Crippen molar-refractivity contribution in [3.63, 3.8) is 0 Å². The lowest BCUT2D eigenvalue weighted by Crippen LogP contribution is -2.47. The van der Waals surface area contributed by atoms with E-state index >= 15 is 0 Å². The Balaban J connectivity index is 1.84. The van der Waals surface area contributed by atoms with Gasteiger partial charge in [-0.15, -0.1) is 0 Å². The van der Waals surface area contributed by atoms with Gasteiger partial charge >= 0.3 is 5.97 Å². The molecule has 3 amide bonds. The molecule has 3 N–H and O–H groups in total. The summed E-state index contributed by atoms with van der Waals surface area (Å²) in [4.78, 5) is 50.6. The summed E-state index contributed by atoms with van der Waals surface area (Å²) >= 11 is 0. The first-order chi connectivity index (χ1) is 13.5. The maximum absolute atomic E-state index is 12.6. The predicted molar refractivity (Wildman–Crippen MR) is 97.8 cm³/mol. The molecular weight excluding hydrogens is 366 g/mol. The number of amides is 3. The molecule has 0 radical (unpaired) electrons. The second kappa shape index (κ2) is 8.73. The minimum absolute atomic E-state index is 0.0617. The van der Waals surface area contributed by atoms with E-state index in [4.69, 9.17) is 4.74 Å². The molecule has 1 saturated heterocycles. The zero-order valence-electron chi connectivity index (χ0n) is 15.3. The first kappa shape index (κ1) is 19.7. The van der Waals surface area contributed by atoms with Crippen LogP contribution >= 0.6 is 0 Å². The van der Waals surface area contributed by atoms with Crippen molar-refractivity contribution in [3.05, 3.63) is 29.8 Å². The van der Waals surface area contributed by atoms with Crippen molar-refractivity contribution >= 4 is 23.7 Å². The standard InChI is InChI=1S/C19H23N3O6/c23-16-8-7-13(19(26)27)21-17(24)12-4-1-2-6-15(12)28-11-9-20-18(25)14-5-3-10-22(14)16/h1-2,4,6,13-14H,3,5,7-11H2,(H,20,25)(H,21,24)(H,26,27)/t13-,14-/m0/s1. The predicted octanol–water partition coefficient (Wildman–Crippen LogP) is 0.149. The minimum Gasteiger partial charge on any atom is -0.491 e. The van der Waals surface area contributed by atoms with Gasteiger partial charge in [0.25, 0.3) is 5.91 Å². The van der Waals surface area contributed by atoms with Gasteiger partial charge in [-0.1, -0.05) is 12.1 Å². The van der Waals surface area contributed by atoms with Gasteiger partial charge in [0.05, 0.1) is 12.1 Å². The lowest BCUT2D eigenvalue weighted by molar-refractivity contribution is -0.141. The van der Waals surface area contributed by atoms with E-state index in [0.29, 0.717) is 25.1 Å². The highest BCUT2D eigenvalue weighted by molar-refractivity contribution is 5.99. The second-order valence-electron chi connectivity index (χ2n) is 6.78. The summed E-state index contributed by atoms with van der Waals surface area (Å²) in [5.74, 6) is -2.05. The molecule has 150 valence electrons. The Bertz CT molecular complexity index is 781. The van der Waals surface area contributed by atoms with Crippen molar-refractivity contribution in [2.24, 2.45) is 0 Å². The quantitative estimate of drug-likeness (QED) is 0.628. The number of aliphatic carboxylic acids is 1. The van der Waals surface area contributed by atoms with Gasteiger partial charge in [0.2, 0.25) is 11.8 Å². The number of nitrogens with zero attached hydrogens (tertiary/aromatic N) is 1. The number of hydrogen-bond acceptors (Lipinski definition) is 5. The number of ether oxygens (including phenoxy) is 1. The molecule has 2 heterocycles. The third kappa shape index (κ3) is 4.41. The lowest BCUT2D eigenvalue weighted by Gasteiger charge is -2.24. The Morgan fingerprint density at radius 2 is 1.96 bits per heavy atom. The number of carboxylic acid groups (broad SMARTS) is 1. The molecule has 0 spiro atoms. The van der Waals surface area contributed by atoms with Crippen LogP contribution in [-0.2, 0) is 14.4 Å². The Labute approximate surface area is 162 Å². The van der Waals surface area contributed by atoms with E-state index in [2.05, 4.69) is 10.6 Å². The summed E-state index contributed by atoms with van der Waals surface area (Å²) in [5.41, 5.74) is 0.196. The van der Waals surface area contributed by atoms with Crippen LogP contribution in [0, 0.1) is 0 Å². The molecule has 0 bridgehead atoms. The van der Waals surface area contributed by atoms with Crippen molar-refractivity contribution in [2.75, 3.05) is 19.7 Å². The van der Waals surface area contributed by atoms with E-state index in [1.54, 1.807) is 18.2 Å². The number of fused-ring (bicyclic) bond motifs is 2. The van der Waals surface area contributed by atoms with Crippen LogP contribution in [0.15, 0.2) is 24.3 Å². The number of carbonyl (C=O) groups is 4. The normalized spacial score (nSPS) is 24.0. The van der Waals surface area contributed by atoms with Crippen LogP contribution in [0.4, 0.5) is 0 Å². The number of carbonyl (C=O) groups excluding carboxylic acids is 3. The minimum atomic E-state index is -1.22. The van der Waals surface area contributed by atoms with Crippen molar-refractivity contribution in [2.45, 2.75) is 37.8 Å². The lowest BCUT2D eigenvalue weighted by atomic mass is 10.1. The number of carboxylic acids is 1. The number of rotatable bonds is 1. The van der Waals surface area contributed by atoms with Crippen LogP contribution in [0.5, 0.6) is 5.75 Å². The smallest absolute Gasteiger partial charge is 0.326 e. The van der Waals surface area contributed by atoms with Gasteiger partial charge in [0, 0.05) is 13.0 Å². The van der Waals surface area contributed by atoms with Crippen molar-refractivity contribution < 1.29 is 29.0 Å². The summed E-state index contributed by atoms with van der Waals surface area (Å²) in [7, 11) is 0. The fourth-order valence-electron chi connectivity index (χ4n) is 3.48. The molecule has 0 aliphatic carbocycles. The zero-order chi connectivity index (χ0) is 20.1. The average Bonchev–Trinajstić information content (AvgIpc) is 3.17. The monoisotopic (exact) mass is 389 g/mol. The van der Waals surface area contributed by atoms with Gasteiger partial charge in [0.1, 0.15) is 24.4 Å². The van der Waals surface area contributed by atoms with Gasteiger partial charge in [0.15, 0.2) is 0 Å². The van der Waals surface area contributed by atoms with E-state index in [1.807, 2.05) is 0 Å². The molecule has 2 aliphatic rings. The van der Waals surface area contributed by atoms with E-state index in [1.165, 1.54) is 11.0 Å². The van der Waals surface area contributed by atoms with Crippen molar-refractivity contribution in [1.82, 2.24) is 15.5 Å². The molecule has 2 atom stereocenters. The molecule has 2 aliphatic heterocycles. The second-order valence-corrected chi connectivity index (χ2v) is 6.78. The van der Waals surface area contributed by atoms with Gasteiger partial charge in [-0.25, -0.2) is 4.79 Å². The van der Waals surface area contributed by atoms with Crippen LogP contribution in [0.25, 0.3) is 0 Å². The summed E-state index contributed by atoms with van der Waals surface area (Å²) in [6.45, 7) is 0.826. The van der Waals surface area contributed by atoms with E-state index in [9.17, 15) is 24.3 Å². The molecule has 1 fully saturated rings. The Morgan fingerprint density at radius 3 is 2.75 bits per heavy atom. The highest BCUT2D eigenvalue weighted by Gasteiger charge is 2.34. The molecule has 0 unspecified atom stereocenters. The molecular formula is C19H23N3O6. The van der Waals surface area contributed by atoms with E-state index in [-0.39, 0.29) is 43.4 Å². The molecule has 3 rings (SSSR count). The van der Waals surface area contributed by atoms with Crippen LogP contribution in [0.1, 0.15) is 36.0 Å². The van der Waals surface area contributed by atoms with Crippen molar-refractivity contribution in [3.8, 4) is 5.75 Å². The van der Waals surface area contributed by atoms with Crippen LogP contribution < -0.4 is 15.4 Å². The Hall–Kier alpha value is -3.10. The largest absolute Gasteiger partial charge is 0.491 e. The van der Waals surface area contributed by atoms with Gasteiger partial charge in [-0.2, -0.15) is 0 Å². The summed E-state index contributed by atoms with van der Waals surface area (Å²) in [5, 5.41) is 14.7. The first-order valence-corrected chi connectivity index (χ1v) is 9.30. The van der Waals surface area contributed by atoms with Crippen molar-refractivity contribution in [1.29, 1.82) is 0 Å². The third-order valence-corrected chi connectivity index (χ3v) is 4.92. The van der Waals surface area contributed by atoms with Gasteiger partial charge < -0.3 is 25.4 Å². The molecule has 0 aromatic heterocycles. The molecule has 9 heteroatoms. The van der Waals surface area contributed by atoms with Crippen LogP contribution in [0.2, 0.25) is 0 Å². The van der Waals surface area contributed by atoms with E-state index in [0.717, 1.165) is 0 Å². The average molecular weight is 389 g/mol. The van der Waals surface area contributed by atoms with Crippen LogP contribution in [0.3, 0.4) is 0 Å². The Morgan fingerprint density at radius 1 is 1.18 bits per heavy atom. The molecule has 1 aromatic carbocycles. The summed E-state index contributed by atoms with van der Waals surface area (Å²) in [6.07, 6.45) is 1.15. The highest BCUT2D eigenvalue weighted by Crippen LogP contribution is 2.21. The number of para-hydroxylation sites is 1.